The summed E-state index contributed by atoms with van der Waals surface area (Å²) in [5.41, 5.74) is 3.21. The zero-order valence-electron chi connectivity index (χ0n) is 17.3. The van der Waals surface area contributed by atoms with Crippen LogP contribution in [0.25, 0.3) is 0 Å². The van der Waals surface area contributed by atoms with E-state index in [4.69, 9.17) is 15.2 Å². The van der Waals surface area contributed by atoms with Crippen LogP contribution in [0.4, 0.5) is 0 Å². The van der Waals surface area contributed by atoms with Crippen molar-refractivity contribution in [3.05, 3.63) is 23.3 Å². The van der Waals surface area contributed by atoms with Crippen LogP contribution in [0.3, 0.4) is 0 Å². The number of nitrogens with two attached hydrogens (primary N) is 1. The van der Waals surface area contributed by atoms with Gasteiger partial charge in [-0.1, -0.05) is 32.9 Å². The molecule has 0 aromatic heterocycles. The summed E-state index contributed by atoms with van der Waals surface area (Å²) in [4.78, 5) is 24.2. The maximum Gasteiger partial charge on any atom is 0.334 e. The monoisotopic (exact) mass is 405 g/mol. The number of esters is 2. The minimum Gasteiger partial charge on any atom is -0.458 e. The highest BCUT2D eigenvalue weighted by molar-refractivity contribution is 5.92. The SMILES string of the molecule is CC(C)C1C=C[C@@]2(O)[C@@]3(C)CCC4=C(COC4=O)C3CC[C@@]2(O)[C@@H]1OC(=O)CN. The first-order valence-corrected chi connectivity index (χ1v) is 10.5. The highest BCUT2D eigenvalue weighted by Gasteiger charge is 2.71. The molecule has 0 spiro atoms. The Hall–Kier alpha value is -1.70. The fraction of sp³-hybridized carbons (Fsp3) is 0.727. The molecule has 0 radical (unpaired) electrons. The van der Waals surface area contributed by atoms with E-state index in [2.05, 4.69) is 0 Å². The van der Waals surface area contributed by atoms with Gasteiger partial charge in [0.15, 0.2) is 0 Å². The van der Waals surface area contributed by atoms with E-state index in [1.165, 1.54) is 0 Å². The fourth-order valence-electron chi connectivity index (χ4n) is 6.27. The van der Waals surface area contributed by atoms with Gasteiger partial charge in [-0.2, -0.15) is 0 Å². The summed E-state index contributed by atoms with van der Waals surface area (Å²) in [6, 6.07) is 0. The van der Waals surface area contributed by atoms with Crippen molar-refractivity contribution in [2.45, 2.75) is 63.8 Å². The topological polar surface area (TPSA) is 119 Å². The minimum atomic E-state index is -1.63. The first-order chi connectivity index (χ1) is 13.6. The van der Waals surface area contributed by atoms with Crippen LogP contribution in [0.5, 0.6) is 0 Å². The van der Waals surface area contributed by atoms with Crippen LogP contribution in [0.15, 0.2) is 23.3 Å². The summed E-state index contributed by atoms with van der Waals surface area (Å²) in [5, 5.41) is 24.0. The van der Waals surface area contributed by atoms with Crippen molar-refractivity contribution in [3.63, 3.8) is 0 Å². The molecule has 4 N–H and O–H groups in total. The minimum absolute atomic E-state index is 0.0749. The molecule has 0 amide bonds. The van der Waals surface area contributed by atoms with Crippen LogP contribution in [-0.2, 0) is 19.1 Å². The number of rotatable bonds is 3. The highest BCUT2D eigenvalue weighted by Crippen LogP contribution is 2.64. The number of carbonyl (C=O) groups is 2. The van der Waals surface area contributed by atoms with Gasteiger partial charge in [0.2, 0.25) is 0 Å². The van der Waals surface area contributed by atoms with Crippen molar-refractivity contribution in [2.75, 3.05) is 13.2 Å². The van der Waals surface area contributed by atoms with Crippen LogP contribution in [0, 0.1) is 23.2 Å². The number of ether oxygens (including phenoxy) is 2. The van der Waals surface area contributed by atoms with E-state index in [-0.39, 0.29) is 43.3 Å². The molecular weight excluding hydrogens is 374 g/mol. The van der Waals surface area contributed by atoms with Crippen LogP contribution in [0.2, 0.25) is 0 Å². The van der Waals surface area contributed by atoms with Crippen LogP contribution >= 0.6 is 0 Å². The van der Waals surface area contributed by atoms with Gasteiger partial charge in [-0.15, -0.1) is 0 Å². The number of aliphatic hydroxyl groups is 2. The zero-order valence-corrected chi connectivity index (χ0v) is 17.3. The molecule has 1 fully saturated rings. The van der Waals surface area contributed by atoms with E-state index in [1.54, 1.807) is 6.08 Å². The Balaban J connectivity index is 1.81. The average molecular weight is 405 g/mol. The maximum absolute atomic E-state index is 12.1. The molecule has 0 bridgehead atoms. The lowest BCUT2D eigenvalue weighted by Gasteiger charge is -2.64. The summed E-state index contributed by atoms with van der Waals surface area (Å²) in [6.07, 6.45) is 4.60. The van der Waals surface area contributed by atoms with Crippen molar-refractivity contribution < 1.29 is 29.3 Å². The van der Waals surface area contributed by atoms with Gasteiger partial charge in [0.05, 0.1) is 6.54 Å². The third-order valence-corrected chi connectivity index (χ3v) is 8.00. The van der Waals surface area contributed by atoms with Gasteiger partial charge in [-0.3, -0.25) is 4.79 Å². The van der Waals surface area contributed by atoms with Crippen LogP contribution in [0.1, 0.15) is 46.5 Å². The molecule has 4 aliphatic rings. The molecule has 0 saturated heterocycles. The van der Waals surface area contributed by atoms with Gasteiger partial charge in [-0.05, 0) is 43.1 Å². The molecule has 160 valence electrons. The number of fused-ring (bicyclic) bond motifs is 4. The molecule has 1 heterocycles. The predicted octanol–water partition coefficient (Wildman–Crippen LogP) is 1.22. The van der Waals surface area contributed by atoms with Gasteiger partial charge in [0.1, 0.15) is 23.9 Å². The van der Waals surface area contributed by atoms with Gasteiger partial charge in [0, 0.05) is 16.9 Å². The van der Waals surface area contributed by atoms with Gasteiger partial charge in [-0.25, -0.2) is 4.79 Å². The van der Waals surface area contributed by atoms with Gasteiger partial charge >= 0.3 is 11.9 Å². The summed E-state index contributed by atoms with van der Waals surface area (Å²) in [6.45, 7) is 5.94. The molecule has 6 atom stereocenters. The van der Waals surface area contributed by atoms with Crippen LogP contribution in [-0.4, -0.2) is 52.6 Å². The van der Waals surface area contributed by atoms with Crippen molar-refractivity contribution in [2.24, 2.45) is 28.9 Å². The Kier molecular flexibility index (Phi) is 4.72. The predicted molar refractivity (Wildman–Crippen MR) is 104 cm³/mol. The van der Waals surface area contributed by atoms with E-state index < -0.39 is 28.7 Å². The average Bonchev–Trinajstić information content (AvgIpc) is 3.04. The summed E-state index contributed by atoms with van der Waals surface area (Å²) in [7, 11) is 0. The second-order valence-corrected chi connectivity index (χ2v) is 9.57. The normalized spacial score (nSPS) is 43.6. The summed E-state index contributed by atoms with van der Waals surface area (Å²) in [5.74, 6) is -1.06. The maximum atomic E-state index is 12.1. The highest BCUT2D eigenvalue weighted by atomic mass is 16.6. The van der Waals surface area contributed by atoms with E-state index in [1.807, 2.05) is 26.8 Å². The van der Waals surface area contributed by atoms with Crippen molar-refractivity contribution in [1.29, 1.82) is 0 Å². The van der Waals surface area contributed by atoms with Crippen molar-refractivity contribution >= 4 is 11.9 Å². The molecule has 7 nitrogen and oxygen atoms in total. The summed E-state index contributed by atoms with van der Waals surface area (Å²) < 4.78 is 10.9. The zero-order chi connectivity index (χ0) is 21.2. The van der Waals surface area contributed by atoms with Gasteiger partial charge in [0.25, 0.3) is 0 Å². The molecule has 0 aromatic carbocycles. The van der Waals surface area contributed by atoms with E-state index in [0.717, 1.165) is 11.1 Å². The Labute approximate surface area is 170 Å². The molecule has 1 saturated carbocycles. The van der Waals surface area contributed by atoms with E-state index >= 15 is 0 Å². The van der Waals surface area contributed by atoms with Crippen molar-refractivity contribution in [1.82, 2.24) is 0 Å². The standard InChI is InChI=1S/C22H31NO6/c1-12(2)13-5-9-22(27)20(3)7-4-14-15(11-28-19(14)25)16(20)6-8-21(22,26)18(13)29-17(24)10-23/h5,9,12-13,16,18,26-27H,4,6-8,10-11,23H2,1-3H3/t13?,16?,18-,20+,21-,22-/m1/s1. The first kappa shape index (κ1) is 20.6. The molecule has 1 aliphatic heterocycles. The molecule has 3 aliphatic carbocycles. The quantitative estimate of drug-likeness (QED) is 0.477. The summed E-state index contributed by atoms with van der Waals surface area (Å²) >= 11 is 0. The van der Waals surface area contributed by atoms with E-state index in [9.17, 15) is 19.8 Å². The lowest BCUT2D eigenvalue weighted by molar-refractivity contribution is -0.277. The molecule has 0 aromatic rings. The Bertz CT molecular complexity index is 803. The van der Waals surface area contributed by atoms with E-state index in [0.29, 0.717) is 19.3 Å². The first-order valence-electron chi connectivity index (χ1n) is 10.5. The Morgan fingerprint density at radius 3 is 2.76 bits per heavy atom. The number of hydrogen-bond acceptors (Lipinski definition) is 7. The molecular formula is C22H31NO6. The Morgan fingerprint density at radius 1 is 1.38 bits per heavy atom. The second-order valence-electron chi connectivity index (χ2n) is 9.57. The third-order valence-electron chi connectivity index (χ3n) is 8.00. The second kappa shape index (κ2) is 6.65. The molecule has 2 unspecified atom stereocenters. The fourth-order valence-corrected chi connectivity index (χ4v) is 6.27. The number of cyclic esters (lactones) is 1. The van der Waals surface area contributed by atoms with Gasteiger partial charge < -0.3 is 25.4 Å². The lowest BCUT2D eigenvalue weighted by Crippen LogP contribution is -2.75. The smallest absolute Gasteiger partial charge is 0.334 e. The van der Waals surface area contributed by atoms with Crippen LogP contribution < -0.4 is 5.73 Å². The number of hydrogen-bond donors (Lipinski definition) is 3. The Morgan fingerprint density at radius 2 is 2.10 bits per heavy atom. The van der Waals surface area contributed by atoms with Crippen molar-refractivity contribution in [3.8, 4) is 0 Å². The largest absolute Gasteiger partial charge is 0.458 e. The molecule has 29 heavy (non-hydrogen) atoms. The molecule has 7 heteroatoms. The third kappa shape index (κ3) is 2.60. The number of carbonyl (C=O) groups excluding carboxylic acids is 2. The lowest BCUT2D eigenvalue weighted by atomic mass is 9.45. The molecule has 4 rings (SSSR count).